The van der Waals surface area contributed by atoms with Gasteiger partial charge in [-0.3, -0.25) is 9.97 Å². The summed E-state index contributed by atoms with van der Waals surface area (Å²) in [5.74, 6) is 1.74. The van der Waals surface area contributed by atoms with Gasteiger partial charge in [0.15, 0.2) is 0 Å². The molecule has 2 rings (SSSR count). The summed E-state index contributed by atoms with van der Waals surface area (Å²) in [6, 6.07) is 8.13. The zero-order valence-electron chi connectivity index (χ0n) is 9.41. The van der Waals surface area contributed by atoms with Crippen molar-refractivity contribution in [3.8, 4) is 0 Å². The average Bonchev–Trinajstić information content (AvgIpc) is 2.39. The molecule has 0 N–H and O–H groups in total. The number of hydrogen-bond acceptors (Lipinski definition) is 4. The van der Waals surface area contributed by atoms with Crippen molar-refractivity contribution in [3.05, 3.63) is 54.1 Å². The van der Waals surface area contributed by atoms with Gasteiger partial charge in [0, 0.05) is 29.2 Å². The van der Waals surface area contributed by atoms with Crippen molar-refractivity contribution >= 4 is 24.4 Å². The fraction of sp³-hybridized carbons (Fsp3) is 0.231. The third-order valence-corrected chi connectivity index (χ3v) is 3.59. The van der Waals surface area contributed by atoms with Crippen LogP contribution in [0.3, 0.4) is 0 Å². The molecular formula is C13H14N2S2. The first kappa shape index (κ1) is 12.5. The van der Waals surface area contributed by atoms with Crippen LogP contribution in [-0.4, -0.2) is 15.7 Å². The monoisotopic (exact) mass is 262 g/mol. The van der Waals surface area contributed by atoms with Crippen LogP contribution in [0, 0.1) is 0 Å². The zero-order chi connectivity index (χ0) is 11.9. The van der Waals surface area contributed by atoms with E-state index in [4.69, 9.17) is 0 Å². The van der Waals surface area contributed by atoms with E-state index in [1.165, 1.54) is 10.5 Å². The van der Waals surface area contributed by atoms with E-state index >= 15 is 0 Å². The third kappa shape index (κ3) is 3.75. The van der Waals surface area contributed by atoms with E-state index in [2.05, 4.69) is 34.7 Å². The Bertz CT molecular complexity index is 460. The first-order valence-electron chi connectivity index (χ1n) is 5.46. The molecule has 17 heavy (non-hydrogen) atoms. The number of aryl methyl sites for hydroxylation is 1. The number of hydrogen-bond donors (Lipinski definition) is 1. The molecule has 0 atom stereocenters. The Labute approximate surface area is 111 Å². The quantitative estimate of drug-likeness (QED) is 0.661. The predicted molar refractivity (Wildman–Crippen MR) is 75.6 cm³/mol. The van der Waals surface area contributed by atoms with Crippen LogP contribution < -0.4 is 0 Å². The Hall–Kier alpha value is -1.00. The van der Waals surface area contributed by atoms with E-state index in [0.29, 0.717) is 0 Å². The minimum atomic E-state index is 0.857. The van der Waals surface area contributed by atoms with Gasteiger partial charge in [0.2, 0.25) is 0 Å². The second kappa shape index (κ2) is 6.67. The number of nitrogens with zero attached hydrogens (tertiary/aromatic N) is 2. The van der Waals surface area contributed by atoms with Crippen LogP contribution in [0.15, 0.2) is 47.8 Å². The molecule has 0 aliphatic heterocycles. The minimum absolute atomic E-state index is 0.857. The molecule has 0 aliphatic rings. The largest absolute Gasteiger partial charge is 0.264 e. The minimum Gasteiger partial charge on any atom is -0.264 e. The lowest BCUT2D eigenvalue weighted by molar-refractivity contribution is 1.05. The highest BCUT2D eigenvalue weighted by Gasteiger charge is 2.03. The Balaban J connectivity index is 2.03. The lowest BCUT2D eigenvalue weighted by Crippen LogP contribution is -1.96. The Morgan fingerprint density at radius 3 is 2.82 bits per heavy atom. The molecule has 0 aliphatic carbocycles. The van der Waals surface area contributed by atoms with Gasteiger partial charge >= 0.3 is 0 Å². The summed E-state index contributed by atoms with van der Waals surface area (Å²) in [6.45, 7) is 0. The van der Waals surface area contributed by atoms with E-state index in [9.17, 15) is 0 Å². The molecular weight excluding hydrogens is 248 g/mol. The van der Waals surface area contributed by atoms with Crippen molar-refractivity contribution in [2.24, 2.45) is 0 Å². The van der Waals surface area contributed by atoms with Crippen LogP contribution in [0.5, 0.6) is 0 Å². The zero-order valence-corrected chi connectivity index (χ0v) is 11.1. The van der Waals surface area contributed by atoms with Gasteiger partial charge < -0.3 is 0 Å². The van der Waals surface area contributed by atoms with Crippen molar-refractivity contribution in [2.45, 2.75) is 17.1 Å². The van der Waals surface area contributed by atoms with Crippen LogP contribution in [0.2, 0.25) is 0 Å². The number of thioether (sulfide) groups is 1. The first-order valence-corrected chi connectivity index (χ1v) is 7.08. The fourth-order valence-electron chi connectivity index (χ4n) is 1.53. The molecule has 0 saturated heterocycles. The molecule has 0 saturated carbocycles. The Morgan fingerprint density at radius 2 is 2.06 bits per heavy atom. The maximum Gasteiger partial charge on any atom is 0.0538 e. The normalized spacial score (nSPS) is 10.4. The highest BCUT2D eigenvalue weighted by Crippen LogP contribution is 2.22. The third-order valence-electron chi connectivity index (χ3n) is 2.38. The van der Waals surface area contributed by atoms with Crippen molar-refractivity contribution < 1.29 is 0 Å². The van der Waals surface area contributed by atoms with Crippen molar-refractivity contribution in [2.75, 3.05) is 5.75 Å². The summed E-state index contributed by atoms with van der Waals surface area (Å²) in [4.78, 5) is 9.72. The van der Waals surface area contributed by atoms with E-state index in [1.807, 2.05) is 24.5 Å². The summed E-state index contributed by atoms with van der Waals surface area (Å²) >= 11 is 6.04. The Morgan fingerprint density at radius 1 is 1.18 bits per heavy atom. The molecule has 0 amide bonds. The summed E-state index contributed by atoms with van der Waals surface area (Å²) in [7, 11) is 0. The number of aromatic nitrogens is 2. The topological polar surface area (TPSA) is 25.8 Å². The number of pyridine rings is 2. The molecule has 0 radical (unpaired) electrons. The van der Waals surface area contributed by atoms with Crippen molar-refractivity contribution in [3.63, 3.8) is 0 Å². The van der Waals surface area contributed by atoms with Crippen molar-refractivity contribution in [1.82, 2.24) is 9.97 Å². The van der Waals surface area contributed by atoms with Crippen LogP contribution in [0.25, 0.3) is 0 Å². The highest BCUT2D eigenvalue weighted by molar-refractivity contribution is 7.98. The molecule has 0 fully saturated rings. The maximum absolute atomic E-state index is 4.44. The van der Waals surface area contributed by atoms with Gasteiger partial charge in [0.25, 0.3) is 0 Å². The van der Waals surface area contributed by atoms with E-state index in [-0.39, 0.29) is 0 Å². The standard InChI is InChI=1S/C13H14N2S2/c16-8-5-11-3-1-7-15-13(11)10-17-12-4-2-6-14-9-12/h1-4,6-7,9,16H,5,8,10H2. The van der Waals surface area contributed by atoms with Gasteiger partial charge in [-0.15, -0.1) is 11.8 Å². The molecule has 0 bridgehead atoms. The lowest BCUT2D eigenvalue weighted by Gasteiger charge is -2.06. The van der Waals surface area contributed by atoms with Crippen LogP contribution >= 0.6 is 24.4 Å². The second-order valence-corrected chi connectivity index (χ2v) is 5.06. The van der Waals surface area contributed by atoms with Gasteiger partial charge in [0.05, 0.1) is 5.69 Å². The highest BCUT2D eigenvalue weighted by atomic mass is 32.2. The molecule has 0 aromatic carbocycles. The molecule has 0 spiro atoms. The molecule has 88 valence electrons. The summed E-state index contributed by atoms with van der Waals surface area (Å²) in [6.07, 6.45) is 6.49. The first-order chi connectivity index (χ1) is 8.40. The van der Waals surface area contributed by atoms with Crippen LogP contribution in [0.1, 0.15) is 11.3 Å². The van der Waals surface area contributed by atoms with Crippen LogP contribution in [-0.2, 0) is 12.2 Å². The number of rotatable bonds is 5. The summed E-state index contributed by atoms with van der Waals surface area (Å²) in [5.41, 5.74) is 2.44. The van der Waals surface area contributed by atoms with Gasteiger partial charge in [0.1, 0.15) is 0 Å². The average molecular weight is 262 g/mol. The van der Waals surface area contributed by atoms with E-state index in [1.54, 1.807) is 18.0 Å². The predicted octanol–water partition coefficient (Wildman–Crippen LogP) is 3.24. The van der Waals surface area contributed by atoms with Crippen molar-refractivity contribution in [1.29, 1.82) is 0 Å². The van der Waals surface area contributed by atoms with Gasteiger partial charge in [-0.05, 0) is 35.9 Å². The van der Waals surface area contributed by atoms with Crippen LogP contribution in [0.4, 0.5) is 0 Å². The maximum atomic E-state index is 4.44. The number of thiol groups is 1. The molecule has 2 heterocycles. The fourth-order valence-corrected chi connectivity index (χ4v) is 2.65. The SMILES string of the molecule is SCCc1cccnc1CSc1cccnc1. The summed E-state index contributed by atoms with van der Waals surface area (Å²) < 4.78 is 0. The van der Waals surface area contributed by atoms with Gasteiger partial charge in [-0.25, -0.2) is 0 Å². The summed E-state index contributed by atoms with van der Waals surface area (Å²) in [5, 5.41) is 0. The molecule has 2 nitrogen and oxygen atoms in total. The lowest BCUT2D eigenvalue weighted by atomic mass is 10.1. The van der Waals surface area contributed by atoms with Gasteiger partial charge in [-0.1, -0.05) is 6.07 Å². The van der Waals surface area contributed by atoms with E-state index in [0.717, 1.165) is 23.6 Å². The molecule has 0 unspecified atom stereocenters. The van der Waals surface area contributed by atoms with E-state index < -0.39 is 0 Å². The molecule has 2 aromatic rings. The second-order valence-electron chi connectivity index (χ2n) is 3.56. The smallest absolute Gasteiger partial charge is 0.0538 e. The van der Waals surface area contributed by atoms with Gasteiger partial charge in [-0.2, -0.15) is 12.6 Å². The molecule has 4 heteroatoms. The molecule has 2 aromatic heterocycles. The Kier molecular flexibility index (Phi) is 4.88.